The summed E-state index contributed by atoms with van der Waals surface area (Å²) in [4.78, 5) is 25.2. The Morgan fingerprint density at radius 2 is 2.00 bits per heavy atom. The van der Waals surface area contributed by atoms with Gasteiger partial charge in [0.2, 0.25) is 0 Å². The van der Waals surface area contributed by atoms with Gasteiger partial charge in [-0.15, -0.1) is 0 Å². The first-order valence-electron chi connectivity index (χ1n) is 8.21. The molecule has 1 atom stereocenters. The van der Waals surface area contributed by atoms with Crippen molar-refractivity contribution in [3.05, 3.63) is 58.8 Å². The maximum Gasteiger partial charge on any atom is 0.193 e. The maximum atomic E-state index is 13.2. The molecule has 0 aliphatic rings. The number of aryl methyl sites for hydroxylation is 3. The lowest BCUT2D eigenvalue weighted by molar-refractivity contribution is 0.0977. The summed E-state index contributed by atoms with van der Waals surface area (Å²) in [6.07, 6.45) is 0. The average Bonchev–Trinajstić information content (AvgIpc) is 3.16. The number of fused-ring (bicyclic) bond motifs is 2. The second kappa shape index (κ2) is 5.77. The third-order valence-corrected chi connectivity index (χ3v) is 4.39. The molecule has 0 unspecified atom stereocenters. The molecule has 0 aliphatic carbocycles. The van der Waals surface area contributed by atoms with E-state index in [1.54, 1.807) is 11.4 Å². The number of nitrogens with one attached hydrogen (secondary N) is 1. The summed E-state index contributed by atoms with van der Waals surface area (Å²) in [5, 5.41) is 14.1. The van der Waals surface area contributed by atoms with Crippen molar-refractivity contribution < 1.29 is 4.79 Å². The summed E-state index contributed by atoms with van der Waals surface area (Å²) in [7, 11) is 0. The normalized spacial score (nSPS) is 12.4. The maximum absolute atomic E-state index is 13.2. The van der Waals surface area contributed by atoms with Crippen molar-refractivity contribution in [3.63, 3.8) is 0 Å². The first-order chi connectivity index (χ1) is 12.5. The number of para-hydroxylation sites is 2. The van der Waals surface area contributed by atoms with Gasteiger partial charge in [0.05, 0.1) is 28.4 Å². The average molecular weight is 344 g/mol. The number of H-pyrrole nitrogens is 1. The van der Waals surface area contributed by atoms with Crippen LogP contribution < -0.4 is 0 Å². The van der Waals surface area contributed by atoms with Gasteiger partial charge >= 0.3 is 0 Å². The Kier molecular flexibility index (Phi) is 3.55. The molecule has 128 valence electrons. The SMILES string of the molecule is Cc1cc(C)n2nc(C)c(C(=O)[C@H](C#N)c3nc4ccccc4[nH]3)c2n1. The highest BCUT2D eigenvalue weighted by molar-refractivity contribution is 6.07. The smallest absolute Gasteiger partial charge is 0.193 e. The standard InChI is InChI=1S/C19H16N6O/c1-10-8-11(2)25-19(21-10)16(12(3)24-25)17(26)13(9-20)18-22-14-6-4-5-7-15(14)23-18/h4-8,13H,1-3H3,(H,22,23)/t13-/m0/s1. The third kappa shape index (κ3) is 2.35. The number of rotatable bonds is 3. The van der Waals surface area contributed by atoms with Crippen molar-refractivity contribution >= 4 is 22.5 Å². The molecule has 4 rings (SSSR count). The lowest BCUT2D eigenvalue weighted by Gasteiger charge is -2.06. The fourth-order valence-corrected chi connectivity index (χ4v) is 3.21. The molecule has 1 aromatic carbocycles. The molecule has 26 heavy (non-hydrogen) atoms. The second-order valence-electron chi connectivity index (χ2n) is 6.30. The monoisotopic (exact) mass is 344 g/mol. The van der Waals surface area contributed by atoms with E-state index in [1.165, 1.54) is 0 Å². The second-order valence-corrected chi connectivity index (χ2v) is 6.30. The Hall–Kier alpha value is -3.53. The van der Waals surface area contributed by atoms with Crippen LogP contribution in [0.5, 0.6) is 0 Å². The summed E-state index contributed by atoms with van der Waals surface area (Å²) >= 11 is 0. The molecule has 3 heterocycles. The first-order valence-corrected chi connectivity index (χ1v) is 8.21. The van der Waals surface area contributed by atoms with Crippen LogP contribution in [0.2, 0.25) is 0 Å². The van der Waals surface area contributed by atoms with Crippen LogP contribution in [0, 0.1) is 32.1 Å². The van der Waals surface area contributed by atoms with Crippen LogP contribution in [0.15, 0.2) is 30.3 Å². The van der Waals surface area contributed by atoms with Crippen molar-refractivity contribution in [3.8, 4) is 6.07 Å². The molecule has 4 aromatic rings. The highest BCUT2D eigenvalue weighted by atomic mass is 16.1. The molecule has 0 saturated heterocycles. The van der Waals surface area contributed by atoms with E-state index in [4.69, 9.17) is 0 Å². The van der Waals surface area contributed by atoms with E-state index >= 15 is 0 Å². The van der Waals surface area contributed by atoms with Crippen LogP contribution in [0.3, 0.4) is 0 Å². The number of imidazole rings is 1. The Labute approximate surface area is 149 Å². The van der Waals surface area contributed by atoms with Crippen LogP contribution in [-0.4, -0.2) is 30.3 Å². The first kappa shape index (κ1) is 16.0. The third-order valence-electron chi connectivity index (χ3n) is 4.39. The Morgan fingerprint density at radius 1 is 1.23 bits per heavy atom. The van der Waals surface area contributed by atoms with E-state index < -0.39 is 5.92 Å². The van der Waals surface area contributed by atoms with Crippen molar-refractivity contribution in [2.75, 3.05) is 0 Å². The number of nitriles is 1. The zero-order valence-electron chi connectivity index (χ0n) is 14.6. The van der Waals surface area contributed by atoms with Gasteiger partial charge in [-0.05, 0) is 39.0 Å². The van der Waals surface area contributed by atoms with Crippen LogP contribution in [0.4, 0.5) is 0 Å². The minimum Gasteiger partial charge on any atom is -0.340 e. The highest BCUT2D eigenvalue weighted by Crippen LogP contribution is 2.25. The number of hydrogen-bond acceptors (Lipinski definition) is 5. The van der Waals surface area contributed by atoms with E-state index in [-0.39, 0.29) is 5.78 Å². The van der Waals surface area contributed by atoms with E-state index in [1.807, 2.05) is 44.2 Å². The minimum atomic E-state index is -1.04. The number of carbonyl (C=O) groups is 1. The lowest BCUT2D eigenvalue weighted by atomic mass is 9.98. The summed E-state index contributed by atoms with van der Waals surface area (Å²) in [5.74, 6) is -1.06. The molecule has 3 aromatic heterocycles. The minimum absolute atomic E-state index is 0.335. The number of benzene rings is 1. The van der Waals surface area contributed by atoms with Crippen LogP contribution >= 0.6 is 0 Å². The zero-order chi connectivity index (χ0) is 18.4. The van der Waals surface area contributed by atoms with Gasteiger partial charge in [-0.25, -0.2) is 14.5 Å². The quantitative estimate of drug-likeness (QED) is 0.576. The predicted molar refractivity (Wildman–Crippen MR) is 96.0 cm³/mol. The van der Waals surface area contributed by atoms with Crippen LogP contribution in [0.25, 0.3) is 16.7 Å². The molecular weight excluding hydrogens is 328 g/mol. The van der Waals surface area contributed by atoms with E-state index in [9.17, 15) is 10.1 Å². The van der Waals surface area contributed by atoms with Gasteiger partial charge in [0.1, 0.15) is 5.82 Å². The van der Waals surface area contributed by atoms with E-state index in [0.29, 0.717) is 22.7 Å². The number of ketones is 1. The molecular formula is C19H16N6O. The van der Waals surface area contributed by atoms with Gasteiger partial charge < -0.3 is 4.98 Å². The summed E-state index contributed by atoms with van der Waals surface area (Å²) < 4.78 is 1.64. The number of hydrogen-bond donors (Lipinski definition) is 1. The summed E-state index contributed by atoms with van der Waals surface area (Å²) in [6, 6.07) is 11.4. The van der Waals surface area contributed by atoms with Crippen molar-refractivity contribution in [1.29, 1.82) is 5.26 Å². The number of aromatic nitrogens is 5. The van der Waals surface area contributed by atoms with Crippen molar-refractivity contribution in [2.45, 2.75) is 26.7 Å². The molecule has 7 nitrogen and oxygen atoms in total. The molecule has 0 saturated carbocycles. The summed E-state index contributed by atoms with van der Waals surface area (Å²) in [5.41, 5.74) is 4.57. The van der Waals surface area contributed by atoms with Crippen LogP contribution in [0.1, 0.15) is 39.2 Å². The summed E-state index contributed by atoms with van der Waals surface area (Å²) in [6.45, 7) is 5.53. The molecule has 0 fully saturated rings. The molecule has 0 bridgehead atoms. The molecule has 0 aliphatic heterocycles. The van der Waals surface area contributed by atoms with Gasteiger partial charge in [-0.3, -0.25) is 4.79 Å². The predicted octanol–water partition coefficient (Wildman–Crippen LogP) is 3.02. The topological polar surface area (TPSA) is 99.7 Å². The fourth-order valence-electron chi connectivity index (χ4n) is 3.21. The molecule has 0 radical (unpaired) electrons. The zero-order valence-corrected chi connectivity index (χ0v) is 14.6. The van der Waals surface area contributed by atoms with Gasteiger partial charge in [0, 0.05) is 11.4 Å². The van der Waals surface area contributed by atoms with Gasteiger partial charge in [-0.1, -0.05) is 12.1 Å². The largest absolute Gasteiger partial charge is 0.340 e. The number of carbonyl (C=O) groups excluding carboxylic acids is 1. The van der Waals surface area contributed by atoms with Gasteiger partial charge in [0.15, 0.2) is 17.3 Å². The lowest BCUT2D eigenvalue weighted by Crippen LogP contribution is -2.14. The van der Waals surface area contributed by atoms with Crippen molar-refractivity contribution in [1.82, 2.24) is 24.6 Å². The highest BCUT2D eigenvalue weighted by Gasteiger charge is 2.30. The number of aromatic amines is 1. The van der Waals surface area contributed by atoms with Crippen LogP contribution in [-0.2, 0) is 0 Å². The number of Topliss-reactive ketones (excluding diaryl/α,β-unsaturated/α-hetero) is 1. The molecule has 1 N–H and O–H groups in total. The molecule has 0 amide bonds. The Bertz CT molecular complexity index is 1180. The molecule has 7 heteroatoms. The fraction of sp³-hybridized carbons (Fsp3) is 0.211. The number of nitrogens with zero attached hydrogens (tertiary/aromatic N) is 5. The van der Waals surface area contributed by atoms with Crippen molar-refractivity contribution in [2.24, 2.45) is 0 Å². The van der Waals surface area contributed by atoms with E-state index in [2.05, 4.69) is 26.1 Å². The van der Waals surface area contributed by atoms with E-state index in [0.717, 1.165) is 22.4 Å². The molecule has 0 spiro atoms. The Balaban J connectivity index is 1.87. The van der Waals surface area contributed by atoms with Gasteiger partial charge in [0.25, 0.3) is 0 Å². The van der Waals surface area contributed by atoms with Gasteiger partial charge in [-0.2, -0.15) is 10.4 Å². The Morgan fingerprint density at radius 3 is 2.73 bits per heavy atom.